The molecule has 0 radical (unpaired) electrons. The van der Waals surface area contributed by atoms with Crippen molar-refractivity contribution in [3.8, 4) is 5.75 Å². The summed E-state index contributed by atoms with van der Waals surface area (Å²) >= 11 is 3.28. The predicted molar refractivity (Wildman–Crippen MR) is 52.8 cm³/mol. The number of benzene rings is 1. The van der Waals surface area contributed by atoms with Gasteiger partial charge in [0.05, 0.1) is 5.69 Å². The lowest BCUT2D eigenvalue weighted by Crippen LogP contribution is -2.18. The molecule has 0 unspecified atom stereocenters. The quantitative estimate of drug-likeness (QED) is 0.684. The molecular formula is C9H8BrNO2. The van der Waals surface area contributed by atoms with E-state index in [1.807, 2.05) is 6.07 Å². The van der Waals surface area contributed by atoms with Crippen LogP contribution in [0.4, 0.5) is 5.69 Å². The summed E-state index contributed by atoms with van der Waals surface area (Å²) in [6.07, 6.45) is 1.18. The van der Waals surface area contributed by atoms with Gasteiger partial charge in [0.1, 0.15) is 5.75 Å². The first-order valence-corrected chi connectivity index (χ1v) is 4.77. The zero-order valence-electron chi connectivity index (χ0n) is 6.80. The maximum Gasteiger partial charge on any atom is 0.224 e. The van der Waals surface area contributed by atoms with Gasteiger partial charge in [-0.3, -0.25) is 4.79 Å². The lowest BCUT2D eigenvalue weighted by Gasteiger charge is -2.17. The summed E-state index contributed by atoms with van der Waals surface area (Å²) < 4.78 is 0.833. The molecule has 0 saturated heterocycles. The fourth-order valence-corrected chi connectivity index (χ4v) is 1.93. The molecule has 0 fully saturated rings. The molecule has 3 nitrogen and oxygen atoms in total. The number of phenolic OH excluding ortho intramolecular Hbond substituents is 1. The number of carbonyl (C=O) groups is 1. The van der Waals surface area contributed by atoms with Crippen molar-refractivity contribution in [2.75, 3.05) is 5.32 Å². The number of hydrogen-bond acceptors (Lipinski definition) is 2. The highest BCUT2D eigenvalue weighted by Gasteiger charge is 2.18. The molecule has 0 aliphatic carbocycles. The molecule has 2 rings (SSSR count). The molecule has 1 amide bonds. The van der Waals surface area contributed by atoms with Crippen LogP contribution in [-0.2, 0) is 11.2 Å². The Hall–Kier alpha value is -1.03. The molecular weight excluding hydrogens is 234 g/mol. The van der Waals surface area contributed by atoms with Crippen LogP contribution in [0.2, 0.25) is 0 Å². The maximum atomic E-state index is 11.0. The first-order valence-electron chi connectivity index (χ1n) is 3.98. The number of phenols is 1. The van der Waals surface area contributed by atoms with Crippen molar-refractivity contribution in [1.82, 2.24) is 0 Å². The monoisotopic (exact) mass is 241 g/mol. The number of halogens is 1. The summed E-state index contributed by atoms with van der Waals surface area (Å²) in [5.41, 5.74) is 1.53. The largest absolute Gasteiger partial charge is 0.506 e. The van der Waals surface area contributed by atoms with E-state index in [1.165, 1.54) is 0 Å². The van der Waals surface area contributed by atoms with E-state index in [9.17, 15) is 9.90 Å². The zero-order valence-corrected chi connectivity index (χ0v) is 8.39. The molecule has 0 bridgehead atoms. The van der Waals surface area contributed by atoms with Gasteiger partial charge in [0.15, 0.2) is 0 Å². The van der Waals surface area contributed by atoms with E-state index < -0.39 is 0 Å². The lowest BCUT2D eigenvalue weighted by molar-refractivity contribution is -0.116. The zero-order chi connectivity index (χ0) is 9.42. The molecule has 0 atom stereocenters. The van der Waals surface area contributed by atoms with Gasteiger partial charge in [-0.25, -0.2) is 0 Å². The second kappa shape index (κ2) is 3.03. The molecule has 0 aromatic heterocycles. The molecule has 13 heavy (non-hydrogen) atoms. The first kappa shape index (κ1) is 8.56. The number of aromatic hydroxyl groups is 1. The topological polar surface area (TPSA) is 49.3 Å². The van der Waals surface area contributed by atoms with Crippen LogP contribution in [0.5, 0.6) is 5.75 Å². The Bertz CT molecular complexity index is 376. The Morgan fingerprint density at radius 1 is 1.38 bits per heavy atom. The molecule has 1 aliphatic heterocycles. The first-order chi connectivity index (χ1) is 6.16. The van der Waals surface area contributed by atoms with Gasteiger partial charge in [-0.15, -0.1) is 0 Å². The van der Waals surface area contributed by atoms with E-state index in [4.69, 9.17) is 0 Å². The molecule has 68 valence electrons. The standard InChI is InChI=1S/C9H8BrNO2/c10-6-3-5-1-2-8(13)11-9(5)7(12)4-6/h3-4,12H,1-2H2,(H,11,13). The average molecular weight is 242 g/mol. The molecule has 0 spiro atoms. The van der Waals surface area contributed by atoms with Crippen molar-refractivity contribution in [2.45, 2.75) is 12.8 Å². The lowest BCUT2D eigenvalue weighted by atomic mass is 10.0. The van der Waals surface area contributed by atoms with Gasteiger partial charge >= 0.3 is 0 Å². The maximum absolute atomic E-state index is 11.0. The van der Waals surface area contributed by atoms with E-state index in [0.29, 0.717) is 18.5 Å². The van der Waals surface area contributed by atoms with Crippen molar-refractivity contribution in [3.63, 3.8) is 0 Å². The van der Waals surface area contributed by atoms with Gasteiger partial charge in [0.2, 0.25) is 5.91 Å². The summed E-state index contributed by atoms with van der Waals surface area (Å²) in [5, 5.41) is 12.2. The third-order valence-corrected chi connectivity index (χ3v) is 2.51. The second-order valence-electron chi connectivity index (χ2n) is 3.01. The number of fused-ring (bicyclic) bond motifs is 1. The van der Waals surface area contributed by atoms with Crippen molar-refractivity contribution in [2.24, 2.45) is 0 Å². The van der Waals surface area contributed by atoms with E-state index in [-0.39, 0.29) is 11.7 Å². The summed E-state index contributed by atoms with van der Waals surface area (Å²) in [6.45, 7) is 0. The van der Waals surface area contributed by atoms with Crippen molar-refractivity contribution >= 4 is 27.5 Å². The SMILES string of the molecule is O=C1CCc2cc(Br)cc(O)c2N1. The van der Waals surface area contributed by atoms with Gasteiger partial charge in [-0.2, -0.15) is 0 Å². The Morgan fingerprint density at radius 3 is 2.92 bits per heavy atom. The molecule has 0 saturated carbocycles. The summed E-state index contributed by atoms with van der Waals surface area (Å²) in [6, 6.07) is 3.49. The summed E-state index contributed by atoms with van der Waals surface area (Å²) in [4.78, 5) is 11.0. The van der Waals surface area contributed by atoms with Gasteiger partial charge in [0, 0.05) is 10.9 Å². The minimum Gasteiger partial charge on any atom is -0.506 e. The average Bonchev–Trinajstić information content (AvgIpc) is 2.06. The predicted octanol–water partition coefficient (Wildman–Crippen LogP) is 2.04. The van der Waals surface area contributed by atoms with Crippen LogP contribution in [0.15, 0.2) is 16.6 Å². The van der Waals surface area contributed by atoms with Gasteiger partial charge < -0.3 is 10.4 Å². The van der Waals surface area contributed by atoms with Crippen molar-refractivity contribution in [3.05, 3.63) is 22.2 Å². The number of nitrogens with one attached hydrogen (secondary N) is 1. The Kier molecular flexibility index (Phi) is 2.00. The highest BCUT2D eigenvalue weighted by atomic mass is 79.9. The highest BCUT2D eigenvalue weighted by Crippen LogP contribution is 2.34. The van der Waals surface area contributed by atoms with E-state index >= 15 is 0 Å². The Morgan fingerprint density at radius 2 is 2.15 bits per heavy atom. The minimum absolute atomic E-state index is 0.0369. The fraction of sp³-hybridized carbons (Fsp3) is 0.222. The number of anilines is 1. The number of aryl methyl sites for hydroxylation is 1. The van der Waals surface area contributed by atoms with Crippen LogP contribution in [0.25, 0.3) is 0 Å². The number of rotatable bonds is 0. The molecule has 1 aromatic carbocycles. The Labute approximate surface area is 83.9 Å². The molecule has 1 aromatic rings. The van der Waals surface area contributed by atoms with Crippen LogP contribution in [0.3, 0.4) is 0 Å². The van der Waals surface area contributed by atoms with Crippen LogP contribution < -0.4 is 5.32 Å². The minimum atomic E-state index is -0.0369. The Balaban J connectivity index is 2.53. The molecule has 2 N–H and O–H groups in total. The van der Waals surface area contributed by atoms with Crippen molar-refractivity contribution in [1.29, 1.82) is 0 Å². The third kappa shape index (κ3) is 1.54. The van der Waals surface area contributed by atoms with Gasteiger partial charge in [0.25, 0.3) is 0 Å². The fourth-order valence-electron chi connectivity index (χ4n) is 1.44. The van der Waals surface area contributed by atoms with Gasteiger partial charge in [-0.1, -0.05) is 15.9 Å². The third-order valence-electron chi connectivity index (χ3n) is 2.05. The van der Waals surface area contributed by atoms with E-state index in [0.717, 1.165) is 10.0 Å². The smallest absolute Gasteiger partial charge is 0.224 e. The summed E-state index contributed by atoms with van der Waals surface area (Å²) in [5.74, 6) is 0.0857. The van der Waals surface area contributed by atoms with Crippen LogP contribution in [0, 0.1) is 0 Å². The van der Waals surface area contributed by atoms with E-state index in [1.54, 1.807) is 6.07 Å². The normalized spacial score (nSPS) is 15.0. The number of amides is 1. The molecule has 1 heterocycles. The molecule has 4 heteroatoms. The van der Waals surface area contributed by atoms with Crippen LogP contribution in [0.1, 0.15) is 12.0 Å². The van der Waals surface area contributed by atoms with E-state index in [2.05, 4.69) is 21.2 Å². The molecule has 1 aliphatic rings. The second-order valence-corrected chi connectivity index (χ2v) is 3.92. The van der Waals surface area contributed by atoms with Crippen LogP contribution >= 0.6 is 15.9 Å². The van der Waals surface area contributed by atoms with Crippen molar-refractivity contribution < 1.29 is 9.90 Å². The summed E-state index contributed by atoms with van der Waals surface area (Å²) in [7, 11) is 0. The van der Waals surface area contributed by atoms with Crippen LogP contribution in [-0.4, -0.2) is 11.0 Å². The van der Waals surface area contributed by atoms with Gasteiger partial charge in [-0.05, 0) is 24.1 Å². The number of hydrogen-bond donors (Lipinski definition) is 2. The number of carbonyl (C=O) groups excluding carboxylic acids is 1. The highest BCUT2D eigenvalue weighted by molar-refractivity contribution is 9.10.